The Morgan fingerprint density at radius 2 is 2.29 bits per heavy atom. The number of nitrogens with two attached hydrogens (primary N) is 1. The van der Waals surface area contributed by atoms with Crippen molar-refractivity contribution in [2.75, 3.05) is 12.3 Å². The van der Waals surface area contributed by atoms with Crippen molar-refractivity contribution in [2.24, 2.45) is 0 Å². The molecular weight excluding hydrogens is 290 g/mol. The molecule has 3 rings (SSSR count). The van der Waals surface area contributed by atoms with Gasteiger partial charge in [-0.1, -0.05) is 16.8 Å². The predicted octanol–water partition coefficient (Wildman–Crippen LogP) is 3.20. The first kappa shape index (κ1) is 13.9. The van der Waals surface area contributed by atoms with Crippen molar-refractivity contribution in [3.63, 3.8) is 0 Å². The molecule has 0 aliphatic carbocycles. The number of benzene rings is 1. The van der Waals surface area contributed by atoms with Crippen LogP contribution in [0.2, 0.25) is 5.02 Å². The minimum atomic E-state index is -0.0966. The molecule has 2 heterocycles. The minimum absolute atomic E-state index is 0.0752. The topological polar surface area (TPSA) is 72.4 Å². The molecule has 1 saturated heterocycles. The number of rotatable bonds is 2. The largest absolute Gasteiger partial charge is 0.398 e. The number of nitrogen functional groups attached to an aromatic ring is 1. The van der Waals surface area contributed by atoms with Crippen LogP contribution in [-0.2, 0) is 0 Å². The lowest BCUT2D eigenvalue weighted by Gasteiger charge is -2.23. The van der Waals surface area contributed by atoms with E-state index in [0.29, 0.717) is 22.8 Å². The number of carbonyl (C=O) groups is 1. The third-order valence-electron chi connectivity index (χ3n) is 3.73. The Kier molecular flexibility index (Phi) is 3.59. The molecule has 1 amide bonds. The van der Waals surface area contributed by atoms with E-state index in [1.165, 1.54) is 0 Å². The van der Waals surface area contributed by atoms with Crippen molar-refractivity contribution < 1.29 is 9.32 Å². The van der Waals surface area contributed by atoms with Crippen molar-refractivity contribution >= 4 is 23.2 Å². The summed E-state index contributed by atoms with van der Waals surface area (Å²) in [5.74, 6) is 0.631. The lowest BCUT2D eigenvalue weighted by atomic mass is 10.1. The number of aryl methyl sites for hydroxylation is 1. The van der Waals surface area contributed by atoms with Gasteiger partial charge in [-0.05, 0) is 38.0 Å². The molecule has 2 N–H and O–H groups in total. The molecule has 21 heavy (non-hydrogen) atoms. The number of carbonyl (C=O) groups excluding carboxylic acids is 1. The van der Waals surface area contributed by atoms with Crippen LogP contribution in [0.25, 0.3) is 0 Å². The van der Waals surface area contributed by atoms with Gasteiger partial charge in [-0.3, -0.25) is 4.79 Å². The maximum absolute atomic E-state index is 12.7. The van der Waals surface area contributed by atoms with Crippen LogP contribution >= 0.6 is 11.6 Å². The van der Waals surface area contributed by atoms with Crippen LogP contribution in [0.15, 0.2) is 28.8 Å². The quantitative estimate of drug-likeness (QED) is 0.865. The highest BCUT2D eigenvalue weighted by Gasteiger charge is 2.33. The lowest BCUT2D eigenvalue weighted by Crippen LogP contribution is -2.31. The molecule has 1 aromatic carbocycles. The summed E-state index contributed by atoms with van der Waals surface area (Å²) in [5, 5.41) is 4.42. The molecule has 1 aromatic heterocycles. The maximum Gasteiger partial charge on any atom is 0.256 e. The van der Waals surface area contributed by atoms with Crippen LogP contribution in [-0.4, -0.2) is 22.5 Å². The normalized spacial score (nSPS) is 18.2. The standard InChI is InChI=1S/C15H16ClN3O2/c1-9-7-14(21-18-9)13-3-2-6-19(13)15(20)11-5-4-10(16)8-12(11)17/h4-5,7-8,13H,2-3,6,17H2,1H3. The van der Waals surface area contributed by atoms with Gasteiger partial charge in [0.05, 0.1) is 17.3 Å². The van der Waals surface area contributed by atoms with Crippen LogP contribution in [0.4, 0.5) is 5.69 Å². The first-order chi connectivity index (χ1) is 10.1. The molecule has 1 aliphatic heterocycles. The van der Waals surface area contributed by atoms with E-state index in [2.05, 4.69) is 5.16 Å². The molecule has 1 fully saturated rings. The number of likely N-dealkylation sites (tertiary alicyclic amines) is 1. The Bertz CT molecular complexity index is 683. The van der Waals surface area contributed by atoms with Crippen molar-refractivity contribution in [3.8, 4) is 0 Å². The first-order valence-corrected chi connectivity index (χ1v) is 7.23. The number of hydrogen-bond donors (Lipinski definition) is 1. The Labute approximate surface area is 127 Å². The van der Waals surface area contributed by atoms with Gasteiger partial charge < -0.3 is 15.2 Å². The maximum atomic E-state index is 12.7. The third kappa shape index (κ3) is 2.61. The van der Waals surface area contributed by atoms with Gasteiger partial charge in [0.15, 0.2) is 5.76 Å². The van der Waals surface area contributed by atoms with E-state index in [-0.39, 0.29) is 11.9 Å². The zero-order chi connectivity index (χ0) is 15.0. The summed E-state index contributed by atoms with van der Waals surface area (Å²) < 4.78 is 5.32. The molecule has 0 saturated carbocycles. The Morgan fingerprint density at radius 1 is 1.48 bits per heavy atom. The van der Waals surface area contributed by atoms with Gasteiger partial charge in [-0.25, -0.2) is 0 Å². The van der Waals surface area contributed by atoms with Crippen LogP contribution in [0.1, 0.15) is 40.7 Å². The van der Waals surface area contributed by atoms with E-state index < -0.39 is 0 Å². The summed E-state index contributed by atoms with van der Waals surface area (Å²) in [6.45, 7) is 2.55. The molecular formula is C15H16ClN3O2. The van der Waals surface area contributed by atoms with Crippen molar-refractivity contribution in [1.82, 2.24) is 10.1 Å². The number of nitrogens with zero attached hydrogens (tertiary/aromatic N) is 2. The Balaban J connectivity index is 1.89. The molecule has 0 spiro atoms. The highest BCUT2D eigenvalue weighted by atomic mass is 35.5. The molecule has 0 radical (unpaired) electrons. The Morgan fingerprint density at radius 3 is 2.95 bits per heavy atom. The van der Waals surface area contributed by atoms with E-state index >= 15 is 0 Å². The van der Waals surface area contributed by atoms with Crippen LogP contribution in [0.5, 0.6) is 0 Å². The van der Waals surface area contributed by atoms with Crippen LogP contribution in [0, 0.1) is 6.92 Å². The van der Waals surface area contributed by atoms with Crippen LogP contribution in [0.3, 0.4) is 0 Å². The summed E-state index contributed by atoms with van der Waals surface area (Å²) in [7, 11) is 0. The average molecular weight is 306 g/mol. The van der Waals surface area contributed by atoms with Gasteiger partial charge in [-0.2, -0.15) is 0 Å². The van der Waals surface area contributed by atoms with E-state index in [0.717, 1.165) is 24.3 Å². The molecule has 2 aromatic rings. The molecule has 0 bridgehead atoms. The fourth-order valence-electron chi connectivity index (χ4n) is 2.73. The summed E-state index contributed by atoms with van der Waals surface area (Å²) in [6, 6.07) is 6.74. The van der Waals surface area contributed by atoms with Gasteiger partial charge in [0.25, 0.3) is 5.91 Å². The first-order valence-electron chi connectivity index (χ1n) is 6.85. The minimum Gasteiger partial charge on any atom is -0.398 e. The molecule has 110 valence electrons. The van der Waals surface area contributed by atoms with Crippen molar-refractivity contribution in [2.45, 2.75) is 25.8 Å². The number of hydrogen-bond acceptors (Lipinski definition) is 4. The zero-order valence-corrected chi connectivity index (χ0v) is 12.4. The number of anilines is 1. The van der Waals surface area contributed by atoms with Gasteiger partial charge >= 0.3 is 0 Å². The summed E-state index contributed by atoms with van der Waals surface area (Å²) >= 11 is 5.88. The smallest absolute Gasteiger partial charge is 0.256 e. The van der Waals surface area contributed by atoms with Gasteiger partial charge in [0.2, 0.25) is 0 Å². The predicted molar refractivity (Wildman–Crippen MR) is 80.1 cm³/mol. The summed E-state index contributed by atoms with van der Waals surface area (Å²) in [5.41, 5.74) is 7.60. The molecule has 1 aliphatic rings. The fraction of sp³-hybridized carbons (Fsp3) is 0.333. The van der Waals surface area contributed by atoms with Crippen molar-refractivity contribution in [1.29, 1.82) is 0 Å². The number of aromatic nitrogens is 1. The number of amides is 1. The highest BCUT2D eigenvalue weighted by molar-refractivity contribution is 6.31. The third-order valence-corrected chi connectivity index (χ3v) is 3.97. The zero-order valence-electron chi connectivity index (χ0n) is 11.7. The van der Waals surface area contributed by atoms with E-state index in [1.807, 2.05) is 13.0 Å². The van der Waals surface area contributed by atoms with E-state index in [4.69, 9.17) is 21.9 Å². The molecule has 6 heteroatoms. The van der Waals surface area contributed by atoms with E-state index in [9.17, 15) is 4.79 Å². The fourth-order valence-corrected chi connectivity index (χ4v) is 2.91. The van der Waals surface area contributed by atoms with Gasteiger partial charge in [-0.15, -0.1) is 0 Å². The van der Waals surface area contributed by atoms with Gasteiger partial charge in [0.1, 0.15) is 0 Å². The average Bonchev–Trinajstić information content (AvgIpc) is 3.06. The summed E-state index contributed by atoms with van der Waals surface area (Å²) in [6.07, 6.45) is 1.80. The Hall–Kier alpha value is -2.01. The monoisotopic (exact) mass is 305 g/mol. The molecule has 1 unspecified atom stereocenters. The lowest BCUT2D eigenvalue weighted by molar-refractivity contribution is 0.0715. The van der Waals surface area contributed by atoms with E-state index in [1.54, 1.807) is 23.1 Å². The van der Waals surface area contributed by atoms with Gasteiger partial charge in [0, 0.05) is 23.3 Å². The molecule has 1 atom stereocenters. The highest BCUT2D eigenvalue weighted by Crippen LogP contribution is 2.34. The molecule has 5 nitrogen and oxygen atoms in total. The van der Waals surface area contributed by atoms with Crippen molar-refractivity contribution in [3.05, 3.63) is 46.3 Å². The van der Waals surface area contributed by atoms with Crippen LogP contribution < -0.4 is 5.73 Å². The SMILES string of the molecule is Cc1cc(C2CCCN2C(=O)c2ccc(Cl)cc2N)on1. The second-order valence-corrected chi connectivity index (χ2v) is 5.70. The second-order valence-electron chi connectivity index (χ2n) is 5.26. The summed E-state index contributed by atoms with van der Waals surface area (Å²) in [4.78, 5) is 14.5. The number of halogens is 1. The second kappa shape index (κ2) is 5.41.